The Kier molecular flexibility index (Phi) is 2.84. The van der Waals surface area contributed by atoms with E-state index < -0.39 is 17.8 Å². The second kappa shape index (κ2) is 4.17. The highest BCUT2D eigenvalue weighted by molar-refractivity contribution is 5.34. The molecular formula is C10H8F3N3O. The molecule has 2 aromatic rings. The minimum Gasteiger partial charge on any atom is -0.382 e. The number of hydrogen-bond donors (Lipinski definition) is 2. The van der Waals surface area contributed by atoms with Crippen molar-refractivity contribution in [1.29, 1.82) is 0 Å². The summed E-state index contributed by atoms with van der Waals surface area (Å²) in [7, 11) is 0. The third kappa shape index (κ3) is 2.28. The number of aliphatic hydroxyl groups is 1. The van der Waals surface area contributed by atoms with Crippen molar-refractivity contribution in [3.8, 4) is 0 Å². The number of alkyl halides is 3. The fourth-order valence-corrected chi connectivity index (χ4v) is 1.50. The molecule has 17 heavy (non-hydrogen) atoms. The van der Waals surface area contributed by atoms with Crippen molar-refractivity contribution in [2.24, 2.45) is 0 Å². The maximum Gasteiger partial charge on any atom is 0.416 e. The van der Waals surface area contributed by atoms with Crippen LogP contribution >= 0.6 is 0 Å². The monoisotopic (exact) mass is 243 g/mol. The van der Waals surface area contributed by atoms with Crippen LogP contribution in [0.4, 0.5) is 13.2 Å². The number of H-pyrrole nitrogens is 1. The zero-order valence-corrected chi connectivity index (χ0v) is 8.44. The second-order valence-electron chi connectivity index (χ2n) is 3.38. The van der Waals surface area contributed by atoms with Gasteiger partial charge in [-0.25, -0.2) is 0 Å². The Labute approximate surface area is 94.1 Å². The first-order valence-electron chi connectivity index (χ1n) is 4.70. The van der Waals surface area contributed by atoms with Gasteiger partial charge in [0.15, 0.2) is 0 Å². The first-order valence-corrected chi connectivity index (χ1v) is 4.70. The van der Waals surface area contributed by atoms with Gasteiger partial charge in [-0.15, -0.1) is 0 Å². The van der Waals surface area contributed by atoms with E-state index in [0.717, 1.165) is 6.07 Å². The Hall–Kier alpha value is -1.89. The van der Waals surface area contributed by atoms with Gasteiger partial charge in [-0.1, -0.05) is 18.2 Å². The summed E-state index contributed by atoms with van der Waals surface area (Å²) in [6.45, 7) is 0. The van der Waals surface area contributed by atoms with Gasteiger partial charge in [0.2, 0.25) is 0 Å². The van der Waals surface area contributed by atoms with Crippen LogP contribution in [0.3, 0.4) is 0 Å². The number of aliphatic hydroxyl groups excluding tert-OH is 1. The molecule has 1 aromatic heterocycles. The standard InChI is InChI=1S/C10H8F3N3O/c11-10(12,13)7-4-2-1-3-6(7)9(17)8-5-14-16-15-8/h1-5,9,17H,(H,14,15,16). The molecule has 1 heterocycles. The smallest absolute Gasteiger partial charge is 0.382 e. The molecule has 0 bridgehead atoms. The van der Waals surface area contributed by atoms with Gasteiger partial charge in [-0.05, 0) is 11.6 Å². The maximum atomic E-state index is 12.7. The molecule has 1 atom stereocenters. The van der Waals surface area contributed by atoms with Crippen LogP contribution in [0, 0.1) is 0 Å². The molecule has 90 valence electrons. The molecule has 0 aliphatic carbocycles. The number of nitrogens with zero attached hydrogens (tertiary/aromatic N) is 2. The minimum absolute atomic E-state index is 0.0432. The fourth-order valence-electron chi connectivity index (χ4n) is 1.50. The lowest BCUT2D eigenvalue weighted by Gasteiger charge is -2.15. The molecule has 0 amide bonds. The first-order chi connectivity index (χ1) is 8.00. The summed E-state index contributed by atoms with van der Waals surface area (Å²) < 4.78 is 38.1. The van der Waals surface area contributed by atoms with E-state index in [4.69, 9.17) is 0 Å². The Morgan fingerprint density at radius 1 is 1.24 bits per heavy atom. The van der Waals surface area contributed by atoms with Crippen molar-refractivity contribution in [1.82, 2.24) is 15.4 Å². The highest BCUT2D eigenvalue weighted by Crippen LogP contribution is 2.35. The molecule has 0 saturated heterocycles. The predicted octanol–water partition coefficient (Wildman–Crippen LogP) is 1.91. The zero-order chi connectivity index (χ0) is 12.5. The summed E-state index contributed by atoms with van der Waals surface area (Å²) >= 11 is 0. The fraction of sp³-hybridized carbons (Fsp3) is 0.200. The van der Waals surface area contributed by atoms with Gasteiger partial charge in [0.1, 0.15) is 11.8 Å². The van der Waals surface area contributed by atoms with Crippen LogP contribution in [0.25, 0.3) is 0 Å². The molecular weight excluding hydrogens is 235 g/mol. The summed E-state index contributed by atoms with van der Waals surface area (Å²) in [5, 5.41) is 19.0. The SMILES string of the molecule is OC(c1cn[nH]n1)c1ccccc1C(F)(F)F. The lowest BCUT2D eigenvalue weighted by molar-refractivity contribution is -0.139. The Balaban J connectivity index is 2.46. The summed E-state index contributed by atoms with van der Waals surface area (Å²) in [6, 6.07) is 4.82. The van der Waals surface area contributed by atoms with E-state index in [9.17, 15) is 18.3 Å². The van der Waals surface area contributed by atoms with Crippen LogP contribution in [-0.4, -0.2) is 20.5 Å². The molecule has 7 heteroatoms. The van der Waals surface area contributed by atoms with Gasteiger partial charge in [0, 0.05) is 0 Å². The summed E-state index contributed by atoms with van der Waals surface area (Å²) in [6.07, 6.45) is -4.79. The Morgan fingerprint density at radius 3 is 2.53 bits per heavy atom. The van der Waals surface area contributed by atoms with E-state index in [1.807, 2.05) is 0 Å². The number of aromatic amines is 1. The van der Waals surface area contributed by atoms with Crippen LogP contribution in [-0.2, 0) is 6.18 Å². The normalized spacial score (nSPS) is 13.6. The van der Waals surface area contributed by atoms with Gasteiger partial charge in [0.25, 0.3) is 0 Å². The molecule has 0 aliphatic rings. The van der Waals surface area contributed by atoms with E-state index >= 15 is 0 Å². The van der Waals surface area contributed by atoms with Crippen molar-refractivity contribution in [3.63, 3.8) is 0 Å². The minimum atomic E-state index is -4.51. The van der Waals surface area contributed by atoms with Gasteiger partial charge in [0.05, 0.1) is 11.8 Å². The third-order valence-corrected chi connectivity index (χ3v) is 2.27. The van der Waals surface area contributed by atoms with Crippen LogP contribution in [0.1, 0.15) is 22.9 Å². The molecule has 2 rings (SSSR count). The molecule has 0 radical (unpaired) electrons. The molecule has 0 spiro atoms. The van der Waals surface area contributed by atoms with E-state index in [2.05, 4.69) is 15.4 Å². The number of hydrogen-bond acceptors (Lipinski definition) is 3. The first kappa shape index (κ1) is 11.6. The Bertz CT molecular complexity index is 496. The van der Waals surface area contributed by atoms with Gasteiger partial charge >= 0.3 is 6.18 Å². The molecule has 4 nitrogen and oxygen atoms in total. The van der Waals surface area contributed by atoms with Crippen molar-refractivity contribution in [3.05, 3.63) is 47.3 Å². The highest BCUT2D eigenvalue weighted by atomic mass is 19.4. The summed E-state index contributed by atoms with van der Waals surface area (Å²) in [5.74, 6) is 0. The molecule has 2 N–H and O–H groups in total. The number of aromatic nitrogens is 3. The van der Waals surface area contributed by atoms with Gasteiger partial charge < -0.3 is 5.11 Å². The summed E-state index contributed by atoms with van der Waals surface area (Å²) in [4.78, 5) is 0. The third-order valence-electron chi connectivity index (χ3n) is 2.27. The topological polar surface area (TPSA) is 61.8 Å². The zero-order valence-electron chi connectivity index (χ0n) is 8.44. The quantitative estimate of drug-likeness (QED) is 0.846. The van der Waals surface area contributed by atoms with Crippen LogP contribution in [0.15, 0.2) is 30.5 Å². The van der Waals surface area contributed by atoms with E-state index in [1.54, 1.807) is 0 Å². The molecule has 0 aliphatic heterocycles. The van der Waals surface area contributed by atoms with E-state index in [0.29, 0.717) is 0 Å². The van der Waals surface area contributed by atoms with E-state index in [1.165, 1.54) is 24.4 Å². The maximum absolute atomic E-state index is 12.7. The van der Waals surface area contributed by atoms with E-state index in [-0.39, 0.29) is 11.3 Å². The molecule has 1 unspecified atom stereocenters. The van der Waals surface area contributed by atoms with Crippen molar-refractivity contribution in [2.45, 2.75) is 12.3 Å². The lowest BCUT2D eigenvalue weighted by atomic mass is 10.0. The molecule has 0 fully saturated rings. The van der Waals surface area contributed by atoms with Crippen LogP contribution < -0.4 is 0 Å². The lowest BCUT2D eigenvalue weighted by Crippen LogP contribution is -2.12. The second-order valence-corrected chi connectivity index (χ2v) is 3.38. The predicted molar refractivity (Wildman–Crippen MR) is 51.9 cm³/mol. The van der Waals surface area contributed by atoms with Crippen molar-refractivity contribution < 1.29 is 18.3 Å². The molecule has 0 saturated carbocycles. The average Bonchev–Trinajstić information content (AvgIpc) is 2.80. The van der Waals surface area contributed by atoms with Crippen LogP contribution in [0.5, 0.6) is 0 Å². The number of rotatable bonds is 2. The highest BCUT2D eigenvalue weighted by Gasteiger charge is 2.35. The van der Waals surface area contributed by atoms with Crippen molar-refractivity contribution in [2.75, 3.05) is 0 Å². The van der Waals surface area contributed by atoms with Crippen LogP contribution in [0.2, 0.25) is 0 Å². The molecule has 1 aromatic carbocycles. The Morgan fingerprint density at radius 2 is 1.94 bits per heavy atom. The van der Waals surface area contributed by atoms with Gasteiger partial charge in [-0.3, -0.25) is 0 Å². The number of benzene rings is 1. The van der Waals surface area contributed by atoms with Gasteiger partial charge in [-0.2, -0.15) is 28.6 Å². The summed E-state index contributed by atoms with van der Waals surface area (Å²) in [5.41, 5.74) is -1.08. The number of nitrogens with one attached hydrogen (secondary N) is 1. The number of halogens is 3. The largest absolute Gasteiger partial charge is 0.416 e. The van der Waals surface area contributed by atoms with Crippen molar-refractivity contribution >= 4 is 0 Å². The average molecular weight is 243 g/mol.